The lowest BCUT2D eigenvalue weighted by atomic mass is 9.94. The normalized spacial score (nSPS) is 17.6. The van der Waals surface area contributed by atoms with E-state index in [1.54, 1.807) is 18.2 Å². The second-order valence-corrected chi connectivity index (χ2v) is 9.29. The molecule has 2 aromatic carbocycles. The highest BCUT2D eigenvalue weighted by molar-refractivity contribution is 7.94. The van der Waals surface area contributed by atoms with Crippen molar-refractivity contribution in [3.05, 3.63) is 83.0 Å². The first-order valence-corrected chi connectivity index (χ1v) is 11.4. The van der Waals surface area contributed by atoms with Gasteiger partial charge in [0.2, 0.25) is 0 Å². The summed E-state index contributed by atoms with van der Waals surface area (Å²) >= 11 is 0. The summed E-state index contributed by atoms with van der Waals surface area (Å²) in [6, 6.07) is 16.8. The summed E-state index contributed by atoms with van der Waals surface area (Å²) in [5, 5.41) is 9.54. The van der Waals surface area contributed by atoms with E-state index in [4.69, 9.17) is 5.10 Å². The number of aryl methyl sites for hydroxylation is 1. The molecule has 3 aromatic rings. The molecule has 0 saturated carbocycles. The molecule has 0 bridgehead atoms. The summed E-state index contributed by atoms with van der Waals surface area (Å²) in [5.41, 5.74) is 3.78. The molecule has 1 unspecified atom stereocenters. The molecule has 1 aliphatic heterocycles. The molecule has 1 saturated heterocycles. The smallest absolute Gasteiger partial charge is 0.199 e. The van der Waals surface area contributed by atoms with Crippen molar-refractivity contribution in [3.63, 3.8) is 0 Å². The lowest BCUT2D eigenvalue weighted by Gasteiger charge is -2.21. The molecular formula is C23H25N3O2S. The van der Waals surface area contributed by atoms with Crippen molar-refractivity contribution < 1.29 is 8.42 Å². The van der Waals surface area contributed by atoms with Gasteiger partial charge in [0.25, 0.3) is 0 Å². The van der Waals surface area contributed by atoms with E-state index in [-0.39, 0.29) is 5.92 Å². The Hall–Kier alpha value is -2.70. The summed E-state index contributed by atoms with van der Waals surface area (Å²) in [6.07, 6.45) is 5.74. The van der Waals surface area contributed by atoms with Crippen LogP contribution in [0.4, 0.5) is 0 Å². The first-order valence-electron chi connectivity index (χ1n) is 9.88. The Balaban J connectivity index is 1.70. The molecule has 0 radical (unpaired) electrons. The van der Waals surface area contributed by atoms with Gasteiger partial charge in [0.15, 0.2) is 9.84 Å². The van der Waals surface area contributed by atoms with Crippen LogP contribution in [0.15, 0.2) is 71.1 Å². The van der Waals surface area contributed by atoms with Crippen molar-refractivity contribution in [1.82, 2.24) is 15.1 Å². The van der Waals surface area contributed by atoms with Crippen molar-refractivity contribution >= 4 is 15.9 Å². The van der Waals surface area contributed by atoms with Crippen molar-refractivity contribution in [1.29, 1.82) is 0 Å². The molecule has 150 valence electrons. The third-order valence-corrected chi connectivity index (χ3v) is 6.68. The van der Waals surface area contributed by atoms with Gasteiger partial charge >= 0.3 is 0 Å². The van der Waals surface area contributed by atoms with Gasteiger partial charge in [-0.15, -0.1) is 0 Å². The summed E-state index contributed by atoms with van der Waals surface area (Å²) in [4.78, 5) is 0.302. The van der Waals surface area contributed by atoms with E-state index in [1.807, 2.05) is 60.3 Å². The Morgan fingerprint density at radius 1 is 1.10 bits per heavy atom. The first kappa shape index (κ1) is 19.6. The van der Waals surface area contributed by atoms with Crippen molar-refractivity contribution in [2.45, 2.75) is 30.6 Å². The highest BCUT2D eigenvalue weighted by atomic mass is 32.2. The van der Waals surface area contributed by atoms with Gasteiger partial charge in [-0.05, 0) is 56.7 Å². The molecule has 5 nitrogen and oxygen atoms in total. The maximum absolute atomic E-state index is 12.8. The number of piperidine rings is 1. The van der Waals surface area contributed by atoms with Crippen molar-refractivity contribution in [3.8, 4) is 5.69 Å². The predicted molar refractivity (Wildman–Crippen MR) is 116 cm³/mol. The largest absolute Gasteiger partial charge is 0.316 e. The SMILES string of the molecule is Cc1ccc(S(=O)(=O)/C=C/c2cn(-c3ccccc3)nc2C2CCCNC2)cc1. The van der Waals surface area contributed by atoms with Crippen LogP contribution in [0.1, 0.15) is 35.6 Å². The molecular weight excluding hydrogens is 382 g/mol. The van der Waals surface area contributed by atoms with Crippen LogP contribution in [-0.2, 0) is 9.84 Å². The number of rotatable bonds is 5. The van der Waals surface area contributed by atoms with E-state index in [0.717, 1.165) is 48.4 Å². The number of nitrogens with zero attached hydrogens (tertiary/aromatic N) is 2. The minimum atomic E-state index is -3.51. The fraction of sp³-hybridized carbons (Fsp3) is 0.261. The molecule has 29 heavy (non-hydrogen) atoms. The number of aromatic nitrogens is 2. The van der Waals surface area contributed by atoms with Crippen molar-refractivity contribution in [2.75, 3.05) is 13.1 Å². The van der Waals surface area contributed by atoms with E-state index < -0.39 is 9.84 Å². The molecule has 0 amide bonds. The monoisotopic (exact) mass is 407 g/mol. The number of sulfone groups is 1. The van der Waals surface area contributed by atoms with E-state index in [9.17, 15) is 8.42 Å². The number of hydrogen-bond donors (Lipinski definition) is 1. The van der Waals surface area contributed by atoms with Crippen LogP contribution in [0.5, 0.6) is 0 Å². The van der Waals surface area contributed by atoms with E-state index >= 15 is 0 Å². The van der Waals surface area contributed by atoms with Crippen LogP contribution in [0.2, 0.25) is 0 Å². The average Bonchev–Trinajstić information content (AvgIpc) is 3.18. The third kappa shape index (κ3) is 4.49. The van der Waals surface area contributed by atoms with E-state index in [2.05, 4.69) is 5.32 Å². The Bertz CT molecular complexity index is 1090. The third-order valence-electron chi connectivity index (χ3n) is 5.25. The van der Waals surface area contributed by atoms with Gasteiger partial charge in [-0.3, -0.25) is 0 Å². The van der Waals surface area contributed by atoms with Gasteiger partial charge in [-0.1, -0.05) is 35.9 Å². The minimum absolute atomic E-state index is 0.274. The Morgan fingerprint density at radius 3 is 2.55 bits per heavy atom. The average molecular weight is 408 g/mol. The molecule has 1 atom stereocenters. The molecule has 1 fully saturated rings. The highest BCUT2D eigenvalue weighted by Crippen LogP contribution is 2.27. The molecule has 4 rings (SSSR count). The molecule has 1 N–H and O–H groups in total. The summed E-state index contributed by atoms with van der Waals surface area (Å²) in [7, 11) is -3.51. The zero-order valence-corrected chi connectivity index (χ0v) is 17.3. The zero-order chi connectivity index (χ0) is 20.3. The van der Waals surface area contributed by atoms with Gasteiger partial charge in [0.05, 0.1) is 16.3 Å². The fourth-order valence-corrected chi connectivity index (χ4v) is 4.61. The van der Waals surface area contributed by atoms with Crippen LogP contribution < -0.4 is 5.32 Å². The van der Waals surface area contributed by atoms with Gasteiger partial charge in [0.1, 0.15) is 0 Å². The van der Waals surface area contributed by atoms with Gasteiger partial charge in [0, 0.05) is 29.6 Å². The summed E-state index contributed by atoms with van der Waals surface area (Å²) < 4.78 is 27.3. The van der Waals surface area contributed by atoms with Gasteiger partial charge in [-0.25, -0.2) is 13.1 Å². The lowest BCUT2D eigenvalue weighted by Crippen LogP contribution is -2.29. The highest BCUT2D eigenvalue weighted by Gasteiger charge is 2.22. The van der Waals surface area contributed by atoms with Crippen LogP contribution >= 0.6 is 0 Å². The Kier molecular flexibility index (Phi) is 5.65. The molecule has 1 aliphatic rings. The molecule has 6 heteroatoms. The van der Waals surface area contributed by atoms with Crippen LogP contribution in [0, 0.1) is 6.92 Å². The first-order chi connectivity index (χ1) is 14.0. The number of para-hydroxylation sites is 1. The predicted octanol–water partition coefficient (Wildman–Crippen LogP) is 4.09. The van der Waals surface area contributed by atoms with Crippen LogP contribution in [-0.4, -0.2) is 31.3 Å². The Labute approximate surface area is 172 Å². The standard InChI is InChI=1S/C23H25N3O2S/c1-18-9-11-22(12-10-18)29(27,28)15-13-20-17-26(21-7-3-2-4-8-21)25-23(20)19-6-5-14-24-16-19/h2-4,7-13,15,17,19,24H,5-6,14,16H2,1H3/b15-13+. The van der Waals surface area contributed by atoms with Gasteiger partial charge < -0.3 is 5.32 Å². The Morgan fingerprint density at radius 2 is 1.86 bits per heavy atom. The number of benzene rings is 2. The van der Waals surface area contributed by atoms with E-state index in [1.165, 1.54) is 5.41 Å². The molecule has 0 aliphatic carbocycles. The maximum Gasteiger partial charge on any atom is 0.199 e. The topological polar surface area (TPSA) is 64.0 Å². The molecule has 1 aromatic heterocycles. The maximum atomic E-state index is 12.8. The second kappa shape index (κ2) is 8.35. The molecule has 0 spiro atoms. The lowest BCUT2D eigenvalue weighted by molar-refractivity contribution is 0.452. The minimum Gasteiger partial charge on any atom is -0.316 e. The van der Waals surface area contributed by atoms with Gasteiger partial charge in [-0.2, -0.15) is 5.10 Å². The fourth-order valence-electron chi connectivity index (χ4n) is 3.61. The van der Waals surface area contributed by atoms with Crippen LogP contribution in [0.3, 0.4) is 0 Å². The van der Waals surface area contributed by atoms with Crippen molar-refractivity contribution in [2.24, 2.45) is 0 Å². The summed E-state index contributed by atoms with van der Waals surface area (Å²) in [5.74, 6) is 0.274. The number of nitrogens with one attached hydrogen (secondary N) is 1. The number of hydrogen-bond acceptors (Lipinski definition) is 4. The van der Waals surface area contributed by atoms with Crippen LogP contribution in [0.25, 0.3) is 11.8 Å². The quantitative estimate of drug-likeness (QED) is 0.692. The second-order valence-electron chi connectivity index (χ2n) is 7.45. The zero-order valence-electron chi connectivity index (χ0n) is 16.5. The molecule has 2 heterocycles. The summed E-state index contributed by atoms with van der Waals surface area (Å²) in [6.45, 7) is 3.81. The van der Waals surface area contributed by atoms with E-state index in [0.29, 0.717) is 4.90 Å².